The van der Waals surface area contributed by atoms with Crippen LogP contribution < -0.4 is 5.56 Å². The van der Waals surface area contributed by atoms with Gasteiger partial charge in [0.1, 0.15) is 11.6 Å². The number of fused-ring (bicyclic) bond motifs is 1. The summed E-state index contributed by atoms with van der Waals surface area (Å²) in [6.45, 7) is 1.97. The average Bonchev–Trinajstić information content (AvgIpc) is 2.87. The molecule has 0 bridgehead atoms. The van der Waals surface area contributed by atoms with Gasteiger partial charge in [-0.3, -0.25) is 4.79 Å². The number of pyridine rings is 1. The Kier molecular flexibility index (Phi) is 2.67. The van der Waals surface area contributed by atoms with E-state index < -0.39 is 0 Å². The van der Waals surface area contributed by atoms with Gasteiger partial charge < -0.3 is 0 Å². The maximum Gasteiger partial charge on any atom is 0.270 e. The standard InChI is InChI=1S/C14H12FN3O/c1-2-13-16-7-8-17(13)18-12-5-4-11(15)9-10(12)3-6-14(18)19/h3-9H,2H2,1H3. The van der Waals surface area contributed by atoms with Crippen molar-refractivity contribution >= 4 is 10.9 Å². The van der Waals surface area contributed by atoms with E-state index in [1.165, 1.54) is 22.9 Å². The molecule has 3 aromatic rings. The summed E-state index contributed by atoms with van der Waals surface area (Å²) >= 11 is 0. The van der Waals surface area contributed by atoms with Crippen LogP contribution in [0, 0.1) is 5.82 Å². The summed E-state index contributed by atoms with van der Waals surface area (Å²) in [7, 11) is 0. The lowest BCUT2D eigenvalue weighted by Gasteiger charge is -2.13. The van der Waals surface area contributed by atoms with Gasteiger partial charge in [-0.05, 0) is 24.3 Å². The molecule has 0 aliphatic rings. The monoisotopic (exact) mass is 257 g/mol. The van der Waals surface area contributed by atoms with E-state index in [-0.39, 0.29) is 11.4 Å². The fraction of sp³-hybridized carbons (Fsp3) is 0.143. The number of benzene rings is 1. The van der Waals surface area contributed by atoms with E-state index >= 15 is 0 Å². The van der Waals surface area contributed by atoms with Gasteiger partial charge in [-0.1, -0.05) is 6.92 Å². The minimum atomic E-state index is -0.320. The van der Waals surface area contributed by atoms with E-state index in [2.05, 4.69) is 4.98 Å². The molecule has 3 rings (SSSR count). The number of rotatable bonds is 2. The molecular formula is C14H12FN3O. The Morgan fingerprint density at radius 3 is 2.89 bits per heavy atom. The van der Waals surface area contributed by atoms with Crippen LogP contribution in [0.4, 0.5) is 4.39 Å². The van der Waals surface area contributed by atoms with Gasteiger partial charge in [-0.15, -0.1) is 0 Å². The molecule has 0 atom stereocenters. The molecular weight excluding hydrogens is 245 g/mol. The number of imidazole rings is 1. The fourth-order valence-corrected chi connectivity index (χ4v) is 2.19. The summed E-state index contributed by atoms with van der Waals surface area (Å²) in [5, 5.41) is 0.676. The van der Waals surface area contributed by atoms with Crippen LogP contribution in [-0.4, -0.2) is 14.3 Å². The predicted octanol–water partition coefficient (Wildman–Crippen LogP) is 2.21. The first-order valence-corrected chi connectivity index (χ1v) is 6.05. The molecule has 0 N–H and O–H groups in total. The highest BCUT2D eigenvalue weighted by atomic mass is 19.1. The van der Waals surface area contributed by atoms with Crippen molar-refractivity contribution in [3.8, 4) is 0 Å². The summed E-state index contributed by atoms with van der Waals surface area (Å²) in [6, 6.07) is 7.42. The predicted molar refractivity (Wildman–Crippen MR) is 70.6 cm³/mol. The maximum absolute atomic E-state index is 13.3. The van der Waals surface area contributed by atoms with Gasteiger partial charge in [0, 0.05) is 30.3 Å². The first-order valence-electron chi connectivity index (χ1n) is 6.05. The quantitative estimate of drug-likeness (QED) is 0.706. The third kappa shape index (κ3) is 1.83. The molecule has 0 radical (unpaired) electrons. The molecule has 19 heavy (non-hydrogen) atoms. The van der Waals surface area contributed by atoms with Crippen LogP contribution in [-0.2, 0) is 6.42 Å². The van der Waals surface area contributed by atoms with Crippen LogP contribution in [0.15, 0.2) is 47.5 Å². The van der Waals surface area contributed by atoms with Crippen LogP contribution in [0.25, 0.3) is 10.9 Å². The summed E-state index contributed by atoms with van der Waals surface area (Å²) in [5.74, 6) is 0.456. The van der Waals surface area contributed by atoms with Gasteiger partial charge in [-0.2, -0.15) is 0 Å². The van der Waals surface area contributed by atoms with Crippen molar-refractivity contribution in [3.05, 3.63) is 64.7 Å². The molecule has 96 valence electrons. The minimum Gasteiger partial charge on any atom is -0.267 e. The van der Waals surface area contributed by atoms with Gasteiger partial charge in [0.05, 0.1) is 5.52 Å². The van der Waals surface area contributed by atoms with Crippen molar-refractivity contribution in [1.29, 1.82) is 0 Å². The Bertz CT molecular complexity index is 804. The highest BCUT2D eigenvalue weighted by Crippen LogP contribution is 2.14. The van der Waals surface area contributed by atoms with E-state index in [0.717, 1.165) is 5.82 Å². The van der Waals surface area contributed by atoms with Gasteiger partial charge in [0.15, 0.2) is 0 Å². The maximum atomic E-state index is 13.3. The van der Waals surface area contributed by atoms with E-state index in [1.807, 2.05) is 6.92 Å². The molecule has 0 amide bonds. The normalized spacial score (nSPS) is 11.1. The molecule has 0 fully saturated rings. The summed E-state index contributed by atoms with van der Waals surface area (Å²) in [6.07, 6.45) is 4.08. The Balaban J connectivity index is 2.40. The topological polar surface area (TPSA) is 39.8 Å². The summed E-state index contributed by atoms with van der Waals surface area (Å²) in [4.78, 5) is 16.3. The second-order valence-electron chi connectivity index (χ2n) is 4.23. The third-order valence-corrected chi connectivity index (χ3v) is 3.06. The molecule has 0 aliphatic carbocycles. The Hall–Kier alpha value is -2.43. The van der Waals surface area contributed by atoms with Crippen LogP contribution in [0.5, 0.6) is 0 Å². The average molecular weight is 257 g/mol. The van der Waals surface area contributed by atoms with Crippen LogP contribution in [0.2, 0.25) is 0 Å². The molecule has 5 heteroatoms. The van der Waals surface area contributed by atoms with Crippen molar-refractivity contribution in [2.75, 3.05) is 0 Å². The zero-order valence-corrected chi connectivity index (χ0v) is 10.4. The third-order valence-electron chi connectivity index (χ3n) is 3.06. The Labute approximate surface area is 108 Å². The number of aromatic nitrogens is 3. The zero-order valence-electron chi connectivity index (χ0n) is 10.4. The molecule has 0 unspecified atom stereocenters. The van der Waals surface area contributed by atoms with Gasteiger partial charge >= 0.3 is 0 Å². The first kappa shape index (κ1) is 11.6. The molecule has 0 saturated heterocycles. The largest absolute Gasteiger partial charge is 0.270 e. The van der Waals surface area contributed by atoms with Crippen molar-refractivity contribution in [2.45, 2.75) is 13.3 Å². The number of hydrogen-bond donors (Lipinski definition) is 0. The SMILES string of the molecule is CCc1nccn1-n1c(=O)ccc2cc(F)ccc21. The fourth-order valence-electron chi connectivity index (χ4n) is 2.19. The molecule has 0 spiro atoms. The van der Waals surface area contributed by atoms with Crippen LogP contribution in [0.1, 0.15) is 12.7 Å². The molecule has 2 aromatic heterocycles. The lowest BCUT2D eigenvalue weighted by Crippen LogP contribution is -2.26. The van der Waals surface area contributed by atoms with E-state index in [4.69, 9.17) is 0 Å². The summed E-state index contributed by atoms with van der Waals surface area (Å²) < 4.78 is 16.4. The Morgan fingerprint density at radius 2 is 2.11 bits per heavy atom. The van der Waals surface area contributed by atoms with E-state index in [0.29, 0.717) is 17.3 Å². The second kappa shape index (κ2) is 4.35. The van der Waals surface area contributed by atoms with Gasteiger partial charge in [-0.25, -0.2) is 18.7 Å². The lowest BCUT2D eigenvalue weighted by molar-refractivity contribution is 0.613. The second-order valence-corrected chi connectivity index (χ2v) is 4.23. The molecule has 1 aromatic carbocycles. The highest BCUT2D eigenvalue weighted by molar-refractivity contribution is 5.78. The van der Waals surface area contributed by atoms with Crippen molar-refractivity contribution < 1.29 is 4.39 Å². The van der Waals surface area contributed by atoms with Crippen LogP contribution >= 0.6 is 0 Å². The van der Waals surface area contributed by atoms with Crippen molar-refractivity contribution in [1.82, 2.24) is 14.3 Å². The summed E-state index contributed by atoms with van der Waals surface area (Å²) in [5.41, 5.74) is 0.480. The first-order chi connectivity index (χ1) is 9.20. The molecule has 0 saturated carbocycles. The Morgan fingerprint density at radius 1 is 1.26 bits per heavy atom. The molecule has 4 nitrogen and oxygen atoms in total. The number of halogens is 1. The van der Waals surface area contributed by atoms with Crippen molar-refractivity contribution in [3.63, 3.8) is 0 Å². The zero-order chi connectivity index (χ0) is 13.4. The highest BCUT2D eigenvalue weighted by Gasteiger charge is 2.08. The number of nitrogens with zero attached hydrogens (tertiary/aromatic N) is 3. The minimum absolute atomic E-state index is 0.174. The number of hydrogen-bond acceptors (Lipinski definition) is 2. The molecule has 0 aliphatic heterocycles. The molecule has 2 heterocycles. The van der Waals surface area contributed by atoms with E-state index in [1.54, 1.807) is 29.2 Å². The van der Waals surface area contributed by atoms with Gasteiger partial charge in [0.25, 0.3) is 5.56 Å². The van der Waals surface area contributed by atoms with Crippen molar-refractivity contribution in [2.24, 2.45) is 0 Å². The lowest BCUT2D eigenvalue weighted by atomic mass is 10.2. The van der Waals surface area contributed by atoms with Crippen LogP contribution in [0.3, 0.4) is 0 Å². The van der Waals surface area contributed by atoms with Gasteiger partial charge in [0.2, 0.25) is 0 Å². The number of aryl methyl sites for hydroxylation is 1. The van der Waals surface area contributed by atoms with E-state index in [9.17, 15) is 9.18 Å². The smallest absolute Gasteiger partial charge is 0.267 e.